The van der Waals surface area contributed by atoms with Gasteiger partial charge >= 0.3 is 5.97 Å². The zero-order valence-electron chi connectivity index (χ0n) is 15.7. The first-order chi connectivity index (χ1) is 13.5. The number of carboxylic acid groups (broad SMARTS) is 1. The van der Waals surface area contributed by atoms with Crippen molar-refractivity contribution >= 4 is 22.8 Å². The lowest BCUT2D eigenvalue weighted by atomic mass is 9.90. The van der Waals surface area contributed by atoms with Crippen LogP contribution in [0.2, 0.25) is 0 Å². The smallest absolute Gasteiger partial charge is 0.308 e. The molecule has 2 unspecified atom stereocenters. The van der Waals surface area contributed by atoms with E-state index in [9.17, 15) is 14.7 Å². The highest BCUT2D eigenvalue weighted by Gasteiger charge is 2.34. The average molecular weight is 379 g/mol. The number of piperidine rings is 1. The molecule has 2 aromatic heterocycles. The maximum absolute atomic E-state index is 13.0. The maximum atomic E-state index is 13.0. The normalized spacial score (nSPS) is 19.7. The number of carbonyl (C=O) groups excluding carboxylic acids is 1. The van der Waals surface area contributed by atoms with E-state index in [4.69, 9.17) is 0 Å². The molecule has 3 aromatic rings. The summed E-state index contributed by atoms with van der Waals surface area (Å²) in [5.74, 6) is -1.58. The fourth-order valence-corrected chi connectivity index (χ4v) is 3.86. The van der Waals surface area contributed by atoms with Crippen LogP contribution in [0, 0.1) is 18.8 Å². The second kappa shape index (κ2) is 7.03. The van der Waals surface area contributed by atoms with E-state index in [-0.39, 0.29) is 24.1 Å². The number of para-hydroxylation sites is 1. The van der Waals surface area contributed by atoms with Crippen LogP contribution in [0.4, 0.5) is 0 Å². The van der Waals surface area contributed by atoms with Gasteiger partial charge < -0.3 is 10.0 Å². The fourth-order valence-electron chi connectivity index (χ4n) is 3.86. The second-order valence-corrected chi connectivity index (χ2v) is 7.37. The van der Waals surface area contributed by atoms with E-state index in [1.807, 2.05) is 37.3 Å². The average Bonchev–Trinajstić information content (AvgIpc) is 3.07. The molecule has 1 aliphatic heterocycles. The van der Waals surface area contributed by atoms with Crippen LogP contribution >= 0.6 is 0 Å². The lowest BCUT2D eigenvalue weighted by molar-refractivity contribution is -0.143. The molecule has 8 heteroatoms. The number of fused-ring (bicyclic) bond motifs is 1. The van der Waals surface area contributed by atoms with Gasteiger partial charge in [0, 0.05) is 24.7 Å². The molecule has 0 aliphatic carbocycles. The Labute approximate surface area is 161 Å². The van der Waals surface area contributed by atoms with E-state index < -0.39 is 11.9 Å². The summed E-state index contributed by atoms with van der Waals surface area (Å²) in [5, 5.41) is 18.6. The van der Waals surface area contributed by atoms with E-state index in [0.29, 0.717) is 18.7 Å². The predicted molar refractivity (Wildman–Crippen MR) is 102 cm³/mol. The van der Waals surface area contributed by atoms with Crippen molar-refractivity contribution in [1.82, 2.24) is 24.9 Å². The molecule has 0 radical (unpaired) electrons. The Kier molecular flexibility index (Phi) is 4.54. The first kappa shape index (κ1) is 18.1. The third-order valence-corrected chi connectivity index (χ3v) is 5.23. The van der Waals surface area contributed by atoms with E-state index in [1.54, 1.807) is 22.7 Å². The molecular weight excluding hydrogens is 358 g/mol. The molecule has 3 heterocycles. The topological polar surface area (TPSA) is 101 Å². The van der Waals surface area contributed by atoms with Crippen LogP contribution in [0.3, 0.4) is 0 Å². The Morgan fingerprint density at radius 3 is 2.75 bits per heavy atom. The molecular formula is C20H21N5O3. The number of likely N-dealkylation sites (tertiary alicyclic amines) is 1. The number of aromatic nitrogens is 4. The number of nitrogens with zero attached hydrogens (tertiary/aromatic N) is 5. The second-order valence-electron chi connectivity index (χ2n) is 7.37. The van der Waals surface area contributed by atoms with Gasteiger partial charge in [0.15, 0.2) is 5.69 Å². The van der Waals surface area contributed by atoms with Crippen molar-refractivity contribution in [2.75, 3.05) is 13.1 Å². The molecule has 4 rings (SSSR count). The first-order valence-corrected chi connectivity index (χ1v) is 9.24. The molecule has 0 saturated carbocycles. The van der Waals surface area contributed by atoms with Crippen LogP contribution in [0.25, 0.3) is 16.6 Å². The molecule has 0 bridgehead atoms. The number of carboxylic acids is 1. The standard InChI is InChI=1S/C20H21N5O3/c1-12-9-15(20(27)28)11-24(10-12)19(26)17-13(2)25(23-22-17)16-7-3-5-14-6-4-8-21-18(14)16/h3-8,12,15H,9-11H2,1-2H3,(H,27,28). The molecule has 1 amide bonds. The molecule has 8 nitrogen and oxygen atoms in total. The lowest BCUT2D eigenvalue weighted by Crippen LogP contribution is -2.45. The van der Waals surface area contributed by atoms with Crippen molar-refractivity contribution in [3.8, 4) is 5.69 Å². The number of benzene rings is 1. The Balaban J connectivity index is 1.68. The van der Waals surface area contributed by atoms with Crippen molar-refractivity contribution in [3.05, 3.63) is 47.9 Å². The van der Waals surface area contributed by atoms with Crippen molar-refractivity contribution in [2.24, 2.45) is 11.8 Å². The Morgan fingerprint density at radius 1 is 1.18 bits per heavy atom. The number of amides is 1. The van der Waals surface area contributed by atoms with Gasteiger partial charge in [-0.15, -0.1) is 5.10 Å². The van der Waals surface area contributed by atoms with Crippen LogP contribution in [0.1, 0.15) is 29.5 Å². The fraction of sp³-hybridized carbons (Fsp3) is 0.350. The highest BCUT2D eigenvalue weighted by atomic mass is 16.4. The molecule has 1 aromatic carbocycles. The summed E-state index contributed by atoms with van der Waals surface area (Å²) in [4.78, 5) is 30.5. The summed E-state index contributed by atoms with van der Waals surface area (Å²) >= 11 is 0. The van der Waals surface area contributed by atoms with Crippen molar-refractivity contribution < 1.29 is 14.7 Å². The summed E-state index contributed by atoms with van der Waals surface area (Å²) in [6, 6.07) is 9.59. The minimum Gasteiger partial charge on any atom is -0.481 e. The van der Waals surface area contributed by atoms with Crippen LogP contribution in [0.15, 0.2) is 36.5 Å². The number of hydrogen-bond donors (Lipinski definition) is 1. The maximum Gasteiger partial charge on any atom is 0.308 e. The van der Waals surface area contributed by atoms with Gasteiger partial charge in [-0.25, -0.2) is 4.68 Å². The number of pyridine rings is 1. The van der Waals surface area contributed by atoms with E-state index in [1.165, 1.54) is 0 Å². The van der Waals surface area contributed by atoms with Crippen molar-refractivity contribution in [3.63, 3.8) is 0 Å². The molecule has 2 atom stereocenters. The summed E-state index contributed by atoms with van der Waals surface area (Å²) in [6.45, 7) is 4.46. The van der Waals surface area contributed by atoms with Gasteiger partial charge in [0.25, 0.3) is 5.91 Å². The van der Waals surface area contributed by atoms with Crippen LogP contribution in [-0.2, 0) is 4.79 Å². The summed E-state index contributed by atoms with van der Waals surface area (Å²) in [7, 11) is 0. The zero-order valence-corrected chi connectivity index (χ0v) is 15.7. The molecule has 1 saturated heterocycles. The first-order valence-electron chi connectivity index (χ1n) is 9.24. The van der Waals surface area contributed by atoms with Gasteiger partial charge in [-0.2, -0.15) is 0 Å². The van der Waals surface area contributed by atoms with Gasteiger partial charge in [-0.05, 0) is 31.4 Å². The van der Waals surface area contributed by atoms with Crippen LogP contribution in [0.5, 0.6) is 0 Å². The van der Waals surface area contributed by atoms with Gasteiger partial charge in [0.1, 0.15) is 0 Å². The predicted octanol–water partition coefficient (Wildman–Crippen LogP) is 2.31. The molecule has 1 N–H and O–H groups in total. The van der Waals surface area contributed by atoms with Crippen LogP contribution in [-0.4, -0.2) is 55.0 Å². The molecule has 1 aliphatic rings. The van der Waals surface area contributed by atoms with Gasteiger partial charge in [-0.3, -0.25) is 14.6 Å². The van der Waals surface area contributed by atoms with Gasteiger partial charge in [-0.1, -0.05) is 30.3 Å². The van der Waals surface area contributed by atoms with Gasteiger partial charge in [0.2, 0.25) is 0 Å². The van der Waals surface area contributed by atoms with E-state index >= 15 is 0 Å². The van der Waals surface area contributed by atoms with E-state index in [0.717, 1.165) is 16.6 Å². The summed E-state index contributed by atoms with van der Waals surface area (Å²) in [5.41, 5.74) is 2.37. The molecule has 1 fully saturated rings. The zero-order chi connectivity index (χ0) is 19.8. The third-order valence-electron chi connectivity index (χ3n) is 5.23. The minimum atomic E-state index is -0.869. The summed E-state index contributed by atoms with van der Waals surface area (Å²) in [6.07, 6.45) is 2.29. The number of carbonyl (C=O) groups is 2. The number of hydrogen-bond acceptors (Lipinski definition) is 5. The van der Waals surface area contributed by atoms with Crippen molar-refractivity contribution in [2.45, 2.75) is 20.3 Å². The van der Waals surface area contributed by atoms with Crippen molar-refractivity contribution in [1.29, 1.82) is 0 Å². The highest BCUT2D eigenvalue weighted by Crippen LogP contribution is 2.25. The highest BCUT2D eigenvalue weighted by molar-refractivity contribution is 5.94. The molecule has 0 spiro atoms. The number of aliphatic carboxylic acids is 1. The quantitative estimate of drug-likeness (QED) is 0.749. The van der Waals surface area contributed by atoms with Crippen LogP contribution < -0.4 is 0 Å². The SMILES string of the molecule is Cc1c(C(=O)N2CC(C)CC(C(=O)O)C2)nnn1-c1cccc2cccnc12. The number of rotatable bonds is 3. The largest absolute Gasteiger partial charge is 0.481 e. The third kappa shape index (κ3) is 3.11. The summed E-state index contributed by atoms with van der Waals surface area (Å²) < 4.78 is 1.62. The minimum absolute atomic E-state index is 0.122. The Bertz CT molecular complexity index is 1060. The Hall–Kier alpha value is -3.29. The molecule has 28 heavy (non-hydrogen) atoms. The lowest BCUT2D eigenvalue weighted by Gasteiger charge is -2.34. The monoisotopic (exact) mass is 379 g/mol. The Morgan fingerprint density at radius 2 is 1.96 bits per heavy atom. The molecule has 144 valence electrons. The van der Waals surface area contributed by atoms with Gasteiger partial charge in [0.05, 0.1) is 22.8 Å². The van der Waals surface area contributed by atoms with E-state index in [2.05, 4.69) is 15.3 Å².